The van der Waals surface area contributed by atoms with E-state index in [1.54, 1.807) is 29.2 Å². The summed E-state index contributed by atoms with van der Waals surface area (Å²) in [6.45, 7) is 1.98. The number of carbonyl (C=O) groups is 1. The number of anilines is 2. The Morgan fingerprint density at radius 3 is 2.16 bits per heavy atom. The first-order valence-electron chi connectivity index (χ1n) is 7.78. The predicted molar refractivity (Wildman–Crippen MR) is 88.6 cm³/mol. The molecule has 1 fully saturated rings. The molecule has 1 saturated heterocycles. The van der Waals surface area contributed by atoms with E-state index in [-0.39, 0.29) is 5.82 Å². The molecule has 1 aliphatic rings. The number of alkyl halides is 3. The molecule has 3 rings (SSSR count). The van der Waals surface area contributed by atoms with Crippen LogP contribution in [0.5, 0.6) is 0 Å². The fourth-order valence-electron chi connectivity index (χ4n) is 2.88. The number of amides is 1. The summed E-state index contributed by atoms with van der Waals surface area (Å²) in [6.07, 6.45) is -3.05. The molecule has 0 saturated carbocycles. The maximum Gasteiger partial charge on any atom is 0.419 e. The highest BCUT2D eigenvalue weighted by atomic mass is 19.4. The lowest BCUT2D eigenvalue weighted by atomic mass is 10.1. The Kier molecular flexibility index (Phi) is 4.52. The number of pyridine rings is 1. The van der Waals surface area contributed by atoms with E-state index in [1.807, 2.05) is 0 Å². The van der Waals surface area contributed by atoms with Crippen LogP contribution in [0.4, 0.5) is 24.7 Å². The number of hydrogen-bond acceptors (Lipinski definition) is 4. The number of rotatable bonds is 3. The third kappa shape index (κ3) is 3.67. The van der Waals surface area contributed by atoms with Crippen LogP contribution in [0.15, 0.2) is 42.6 Å². The van der Waals surface area contributed by atoms with Crippen LogP contribution >= 0.6 is 0 Å². The first-order valence-corrected chi connectivity index (χ1v) is 7.78. The predicted octanol–water partition coefficient (Wildman–Crippen LogP) is 2.53. The monoisotopic (exact) mass is 350 g/mol. The van der Waals surface area contributed by atoms with Gasteiger partial charge in [0.25, 0.3) is 0 Å². The number of aromatic nitrogens is 1. The van der Waals surface area contributed by atoms with Crippen LogP contribution < -0.4 is 15.5 Å². The van der Waals surface area contributed by atoms with Crippen LogP contribution in [-0.2, 0) is 6.18 Å². The first kappa shape index (κ1) is 17.1. The molecule has 0 aliphatic carbocycles. The Morgan fingerprint density at radius 1 is 1.00 bits per heavy atom. The van der Waals surface area contributed by atoms with Gasteiger partial charge in [0.1, 0.15) is 5.82 Å². The Labute approximate surface area is 142 Å². The molecule has 8 heteroatoms. The molecule has 1 aliphatic heterocycles. The molecule has 0 spiro atoms. The third-order valence-corrected chi connectivity index (χ3v) is 4.19. The van der Waals surface area contributed by atoms with Crippen molar-refractivity contribution in [3.05, 3.63) is 53.7 Å². The van der Waals surface area contributed by atoms with Crippen molar-refractivity contribution in [2.45, 2.75) is 6.18 Å². The number of carbonyl (C=O) groups excluding carboxylic acids is 1. The van der Waals surface area contributed by atoms with E-state index in [4.69, 9.17) is 5.73 Å². The number of primary amides is 1. The van der Waals surface area contributed by atoms with Gasteiger partial charge < -0.3 is 15.5 Å². The Morgan fingerprint density at radius 2 is 1.60 bits per heavy atom. The molecule has 132 valence electrons. The highest BCUT2D eigenvalue weighted by Gasteiger charge is 2.36. The zero-order valence-electron chi connectivity index (χ0n) is 13.3. The number of piperazine rings is 1. The van der Waals surface area contributed by atoms with Crippen molar-refractivity contribution in [2.24, 2.45) is 5.73 Å². The first-order chi connectivity index (χ1) is 11.9. The van der Waals surface area contributed by atoms with Crippen molar-refractivity contribution < 1.29 is 18.0 Å². The van der Waals surface area contributed by atoms with Gasteiger partial charge in [-0.25, -0.2) is 4.98 Å². The van der Waals surface area contributed by atoms with Gasteiger partial charge >= 0.3 is 6.18 Å². The summed E-state index contributed by atoms with van der Waals surface area (Å²) in [5.74, 6) is -0.523. The minimum atomic E-state index is -4.43. The molecule has 0 atom stereocenters. The lowest BCUT2D eigenvalue weighted by Gasteiger charge is -2.37. The minimum Gasteiger partial charge on any atom is -0.368 e. The van der Waals surface area contributed by atoms with Crippen LogP contribution in [0.1, 0.15) is 15.9 Å². The average molecular weight is 350 g/mol. The van der Waals surface area contributed by atoms with Gasteiger partial charge in [-0.3, -0.25) is 4.79 Å². The highest BCUT2D eigenvalue weighted by Crippen LogP contribution is 2.35. The van der Waals surface area contributed by atoms with Crippen molar-refractivity contribution in [2.75, 3.05) is 36.0 Å². The molecule has 0 unspecified atom stereocenters. The van der Waals surface area contributed by atoms with Crippen molar-refractivity contribution in [3.63, 3.8) is 0 Å². The molecule has 1 amide bonds. The molecule has 1 aromatic heterocycles. The molecule has 0 bridgehead atoms. The second-order valence-electron chi connectivity index (χ2n) is 5.76. The van der Waals surface area contributed by atoms with Gasteiger partial charge in [-0.2, -0.15) is 13.2 Å². The van der Waals surface area contributed by atoms with E-state index in [0.717, 1.165) is 11.8 Å². The highest BCUT2D eigenvalue weighted by molar-refractivity contribution is 5.93. The second kappa shape index (κ2) is 6.62. The van der Waals surface area contributed by atoms with Gasteiger partial charge in [0.2, 0.25) is 5.91 Å². The van der Waals surface area contributed by atoms with E-state index in [1.165, 1.54) is 12.3 Å². The standard InChI is InChI=1S/C17H17F3N4O/c18-17(19,20)14-2-1-7-22-16(14)24-10-8-23(9-11-24)13-5-3-12(4-6-13)15(21)25/h1-7H,8-11H2,(H2,21,25). The van der Waals surface area contributed by atoms with Crippen molar-refractivity contribution >= 4 is 17.4 Å². The maximum atomic E-state index is 13.1. The maximum absolute atomic E-state index is 13.1. The smallest absolute Gasteiger partial charge is 0.368 e. The number of nitrogens with two attached hydrogens (primary N) is 1. The van der Waals surface area contributed by atoms with Gasteiger partial charge in [-0.15, -0.1) is 0 Å². The molecule has 0 radical (unpaired) electrons. The van der Waals surface area contributed by atoms with Crippen molar-refractivity contribution in [1.29, 1.82) is 0 Å². The molecular weight excluding hydrogens is 333 g/mol. The van der Waals surface area contributed by atoms with Crippen LogP contribution in [0, 0.1) is 0 Å². The van der Waals surface area contributed by atoms with Crippen molar-refractivity contribution in [3.8, 4) is 0 Å². The van der Waals surface area contributed by atoms with E-state index < -0.39 is 17.6 Å². The molecule has 2 N–H and O–H groups in total. The number of halogens is 3. The summed E-state index contributed by atoms with van der Waals surface area (Å²) in [4.78, 5) is 18.7. The fourth-order valence-corrected chi connectivity index (χ4v) is 2.88. The Hall–Kier alpha value is -2.77. The third-order valence-electron chi connectivity index (χ3n) is 4.19. The van der Waals surface area contributed by atoms with Crippen molar-refractivity contribution in [1.82, 2.24) is 4.98 Å². The van der Waals surface area contributed by atoms with Gasteiger partial charge in [-0.1, -0.05) is 0 Å². The zero-order chi connectivity index (χ0) is 18.0. The average Bonchev–Trinajstić information content (AvgIpc) is 2.61. The molecule has 25 heavy (non-hydrogen) atoms. The van der Waals surface area contributed by atoms with Crippen LogP contribution in [-0.4, -0.2) is 37.1 Å². The molecule has 2 aromatic rings. The SMILES string of the molecule is NC(=O)c1ccc(N2CCN(c3ncccc3C(F)(F)F)CC2)cc1. The quantitative estimate of drug-likeness (QED) is 0.924. The summed E-state index contributed by atoms with van der Waals surface area (Å²) in [6, 6.07) is 9.21. The summed E-state index contributed by atoms with van der Waals surface area (Å²) in [5, 5.41) is 0. The van der Waals surface area contributed by atoms with Crippen LogP contribution in [0.2, 0.25) is 0 Å². The summed E-state index contributed by atoms with van der Waals surface area (Å²) < 4.78 is 39.4. The van der Waals surface area contributed by atoms with E-state index >= 15 is 0 Å². The van der Waals surface area contributed by atoms with E-state index in [0.29, 0.717) is 31.7 Å². The lowest BCUT2D eigenvalue weighted by molar-refractivity contribution is -0.137. The summed E-state index contributed by atoms with van der Waals surface area (Å²) >= 11 is 0. The van der Waals surface area contributed by atoms with E-state index in [9.17, 15) is 18.0 Å². The molecular formula is C17H17F3N4O. The summed E-state index contributed by atoms with van der Waals surface area (Å²) in [7, 11) is 0. The molecule has 2 heterocycles. The van der Waals surface area contributed by atoms with Crippen LogP contribution in [0.25, 0.3) is 0 Å². The molecule has 1 aromatic carbocycles. The van der Waals surface area contributed by atoms with E-state index in [2.05, 4.69) is 9.88 Å². The normalized spacial score (nSPS) is 15.3. The second-order valence-corrected chi connectivity index (χ2v) is 5.76. The number of nitrogens with zero attached hydrogens (tertiary/aromatic N) is 3. The Balaban J connectivity index is 1.71. The van der Waals surface area contributed by atoms with Gasteiger partial charge in [-0.05, 0) is 36.4 Å². The lowest BCUT2D eigenvalue weighted by Crippen LogP contribution is -2.47. The largest absolute Gasteiger partial charge is 0.419 e. The van der Waals surface area contributed by atoms with Gasteiger partial charge in [0.15, 0.2) is 0 Å². The number of benzene rings is 1. The zero-order valence-corrected chi connectivity index (χ0v) is 13.3. The fraction of sp³-hybridized carbons (Fsp3) is 0.294. The topological polar surface area (TPSA) is 62.5 Å². The minimum absolute atomic E-state index is 0.0290. The Bertz CT molecular complexity index is 753. The van der Waals surface area contributed by atoms with Gasteiger partial charge in [0.05, 0.1) is 5.56 Å². The number of hydrogen-bond donors (Lipinski definition) is 1. The van der Waals surface area contributed by atoms with Gasteiger partial charge in [0, 0.05) is 43.6 Å². The summed E-state index contributed by atoms with van der Waals surface area (Å²) in [5.41, 5.74) is 5.83. The van der Waals surface area contributed by atoms with Crippen LogP contribution in [0.3, 0.4) is 0 Å². The molecule has 5 nitrogen and oxygen atoms in total.